The Balaban J connectivity index is 1.63. The first-order chi connectivity index (χ1) is 14.0. The second-order valence-corrected chi connectivity index (χ2v) is 6.97. The molecule has 2 heterocycles. The number of carbonyl (C=O) groups is 1. The molecule has 1 amide bonds. The number of amides is 1. The summed E-state index contributed by atoms with van der Waals surface area (Å²) in [6.07, 6.45) is 0. The van der Waals surface area contributed by atoms with Gasteiger partial charge in [0.25, 0.3) is 5.91 Å². The molecule has 0 aliphatic carbocycles. The molecule has 29 heavy (non-hydrogen) atoms. The predicted octanol–water partition coefficient (Wildman–Crippen LogP) is 3.04. The SMILES string of the molecule is O=C1N(Cc2ccc(F)cc2)c2ccccc2C1(O)c1cc2c(cc1O)OCO2. The van der Waals surface area contributed by atoms with E-state index in [9.17, 15) is 19.4 Å². The van der Waals surface area contributed by atoms with Gasteiger partial charge >= 0.3 is 0 Å². The maximum atomic E-state index is 13.4. The van der Waals surface area contributed by atoms with Gasteiger partial charge in [-0.25, -0.2) is 4.39 Å². The van der Waals surface area contributed by atoms with Gasteiger partial charge in [-0.15, -0.1) is 0 Å². The number of halogens is 1. The van der Waals surface area contributed by atoms with Crippen molar-refractivity contribution in [1.29, 1.82) is 0 Å². The minimum Gasteiger partial charge on any atom is -0.507 e. The zero-order valence-electron chi connectivity index (χ0n) is 15.1. The summed E-state index contributed by atoms with van der Waals surface area (Å²) < 4.78 is 23.8. The van der Waals surface area contributed by atoms with Crippen molar-refractivity contribution in [3.63, 3.8) is 0 Å². The number of hydrogen-bond donors (Lipinski definition) is 2. The van der Waals surface area contributed by atoms with Gasteiger partial charge in [0.05, 0.1) is 12.2 Å². The molecule has 1 unspecified atom stereocenters. The van der Waals surface area contributed by atoms with E-state index in [1.165, 1.54) is 29.2 Å². The highest BCUT2D eigenvalue weighted by Crippen LogP contribution is 2.50. The molecule has 146 valence electrons. The molecular formula is C22H16FNO5. The van der Waals surface area contributed by atoms with E-state index in [0.29, 0.717) is 28.3 Å². The van der Waals surface area contributed by atoms with E-state index < -0.39 is 11.5 Å². The third-order valence-electron chi connectivity index (χ3n) is 5.27. The quantitative estimate of drug-likeness (QED) is 0.715. The van der Waals surface area contributed by atoms with Crippen LogP contribution in [0.1, 0.15) is 16.7 Å². The number of nitrogens with zero attached hydrogens (tertiary/aromatic N) is 1. The third kappa shape index (κ3) is 2.55. The van der Waals surface area contributed by atoms with E-state index >= 15 is 0 Å². The number of anilines is 1. The molecule has 0 radical (unpaired) electrons. The van der Waals surface area contributed by atoms with Crippen LogP contribution in [0.3, 0.4) is 0 Å². The summed E-state index contributed by atoms with van der Waals surface area (Å²) in [4.78, 5) is 14.9. The Bertz CT molecular complexity index is 1130. The number of fused-ring (bicyclic) bond motifs is 2. The highest BCUT2D eigenvalue weighted by Gasteiger charge is 2.52. The van der Waals surface area contributed by atoms with Crippen LogP contribution in [0.15, 0.2) is 60.7 Å². The summed E-state index contributed by atoms with van der Waals surface area (Å²) in [5.41, 5.74) is -0.515. The Morgan fingerprint density at radius 3 is 2.45 bits per heavy atom. The first-order valence-corrected chi connectivity index (χ1v) is 9.00. The predicted molar refractivity (Wildman–Crippen MR) is 101 cm³/mol. The molecule has 0 fully saturated rings. The van der Waals surface area contributed by atoms with Gasteiger partial charge in [-0.1, -0.05) is 30.3 Å². The fraction of sp³-hybridized carbons (Fsp3) is 0.136. The minimum atomic E-state index is -2.10. The molecule has 3 aromatic carbocycles. The molecule has 1 atom stereocenters. The number of rotatable bonds is 3. The molecule has 2 aliphatic heterocycles. The lowest BCUT2D eigenvalue weighted by Gasteiger charge is -2.24. The fourth-order valence-corrected chi connectivity index (χ4v) is 3.85. The third-order valence-corrected chi connectivity index (χ3v) is 5.27. The number of phenolic OH excluding ortho intramolecular Hbond substituents is 1. The van der Waals surface area contributed by atoms with E-state index in [2.05, 4.69) is 0 Å². The number of carbonyl (C=O) groups excluding carboxylic acids is 1. The molecule has 2 N–H and O–H groups in total. The Hall–Kier alpha value is -3.58. The monoisotopic (exact) mass is 393 g/mol. The van der Waals surface area contributed by atoms with Crippen LogP contribution in [-0.4, -0.2) is 22.9 Å². The second-order valence-electron chi connectivity index (χ2n) is 6.97. The first kappa shape index (κ1) is 17.5. The number of aliphatic hydroxyl groups is 1. The summed E-state index contributed by atoms with van der Waals surface area (Å²) in [6.45, 7) is 0.141. The maximum Gasteiger partial charge on any atom is 0.268 e. The summed E-state index contributed by atoms with van der Waals surface area (Å²) in [5.74, 6) is -0.574. The van der Waals surface area contributed by atoms with Crippen molar-refractivity contribution in [3.8, 4) is 17.2 Å². The Kier molecular flexibility index (Phi) is 3.75. The Morgan fingerprint density at radius 1 is 1.00 bits per heavy atom. The van der Waals surface area contributed by atoms with Crippen LogP contribution >= 0.6 is 0 Å². The number of hydrogen-bond acceptors (Lipinski definition) is 5. The van der Waals surface area contributed by atoms with E-state index in [-0.39, 0.29) is 30.5 Å². The molecule has 6 nitrogen and oxygen atoms in total. The van der Waals surface area contributed by atoms with Gasteiger partial charge < -0.3 is 24.6 Å². The lowest BCUT2D eigenvalue weighted by Crippen LogP contribution is -2.41. The van der Waals surface area contributed by atoms with Gasteiger partial charge in [0.2, 0.25) is 12.4 Å². The van der Waals surface area contributed by atoms with E-state index in [4.69, 9.17) is 9.47 Å². The zero-order valence-corrected chi connectivity index (χ0v) is 15.1. The number of aromatic hydroxyl groups is 1. The average molecular weight is 393 g/mol. The smallest absolute Gasteiger partial charge is 0.268 e. The van der Waals surface area contributed by atoms with Crippen LogP contribution < -0.4 is 14.4 Å². The molecule has 2 aliphatic rings. The van der Waals surface area contributed by atoms with E-state index in [0.717, 1.165) is 0 Å². The second kappa shape index (κ2) is 6.22. The molecule has 0 bridgehead atoms. The van der Waals surface area contributed by atoms with Gasteiger partial charge in [-0.3, -0.25) is 4.79 Å². The summed E-state index contributed by atoms with van der Waals surface area (Å²) >= 11 is 0. The van der Waals surface area contributed by atoms with Crippen molar-refractivity contribution in [2.24, 2.45) is 0 Å². The van der Waals surface area contributed by atoms with Gasteiger partial charge in [0.15, 0.2) is 11.5 Å². The average Bonchev–Trinajstić information content (AvgIpc) is 3.26. The highest BCUT2D eigenvalue weighted by atomic mass is 19.1. The normalized spacial score (nSPS) is 19.5. The van der Waals surface area contributed by atoms with Crippen LogP contribution in [0.2, 0.25) is 0 Å². The maximum absolute atomic E-state index is 13.4. The molecule has 0 saturated heterocycles. The molecule has 5 rings (SSSR count). The van der Waals surface area contributed by atoms with Crippen molar-refractivity contribution >= 4 is 11.6 Å². The zero-order chi connectivity index (χ0) is 20.2. The van der Waals surface area contributed by atoms with Crippen LogP contribution in [-0.2, 0) is 16.9 Å². The fourth-order valence-electron chi connectivity index (χ4n) is 3.85. The molecule has 0 saturated carbocycles. The van der Waals surface area contributed by atoms with Crippen LogP contribution in [0.4, 0.5) is 10.1 Å². The summed E-state index contributed by atoms with van der Waals surface area (Å²) in [6, 6.07) is 15.4. The summed E-state index contributed by atoms with van der Waals surface area (Å²) in [5, 5.41) is 22.1. The van der Waals surface area contributed by atoms with Crippen LogP contribution in [0, 0.1) is 5.82 Å². The lowest BCUT2D eigenvalue weighted by molar-refractivity contribution is -0.132. The standard InChI is InChI=1S/C22H16FNO5/c23-14-7-5-13(6-8-14)11-24-17-4-2-1-3-15(17)22(27,21(24)26)16-9-19-20(10-18(16)25)29-12-28-19/h1-10,25,27H,11-12H2. The molecule has 0 aromatic heterocycles. The topological polar surface area (TPSA) is 79.2 Å². The summed E-state index contributed by atoms with van der Waals surface area (Å²) in [7, 11) is 0. The number of para-hydroxylation sites is 1. The van der Waals surface area contributed by atoms with Crippen molar-refractivity contribution in [2.75, 3.05) is 11.7 Å². The van der Waals surface area contributed by atoms with Crippen molar-refractivity contribution in [2.45, 2.75) is 12.1 Å². The largest absolute Gasteiger partial charge is 0.507 e. The molecule has 7 heteroatoms. The molecule has 0 spiro atoms. The highest BCUT2D eigenvalue weighted by molar-refractivity contribution is 6.09. The van der Waals surface area contributed by atoms with E-state index in [1.54, 1.807) is 36.4 Å². The van der Waals surface area contributed by atoms with Crippen LogP contribution in [0.25, 0.3) is 0 Å². The van der Waals surface area contributed by atoms with Crippen molar-refractivity contribution in [3.05, 3.63) is 83.2 Å². The lowest BCUT2D eigenvalue weighted by atomic mass is 9.86. The van der Waals surface area contributed by atoms with Gasteiger partial charge in [-0.2, -0.15) is 0 Å². The van der Waals surface area contributed by atoms with Crippen molar-refractivity contribution < 1.29 is 28.9 Å². The van der Waals surface area contributed by atoms with Crippen molar-refractivity contribution in [1.82, 2.24) is 0 Å². The molecular weight excluding hydrogens is 377 g/mol. The van der Waals surface area contributed by atoms with Gasteiger partial charge in [0.1, 0.15) is 11.6 Å². The Labute approximate surface area is 165 Å². The minimum absolute atomic E-state index is 0.00210. The first-order valence-electron chi connectivity index (χ1n) is 9.00. The number of ether oxygens (including phenoxy) is 2. The van der Waals surface area contributed by atoms with Crippen LogP contribution in [0.5, 0.6) is 17.2 Å². The number of phenols is 1. The van der Waals surface area contributed by atoms with E-state index in [1.807, 2.05) is 0 Å². The van der Waals surface area contributed by atoms with Gasteiger partial charge in [0, 0.05) is 17.2 Å². The Morgan fingerprint density at radius 2 is 1.69 bits per heavy atom. The van der Waals surface area contributed by atoms with Gasteiger partial charge in [-0.05, 0) is 29.8 Å². The molecule has 3 aromatic rings. The number of benzene rings is 3.